The van der Waals surface area contributed by atoms with E-state index in [-0.39, 0.29) is 12.3 Å². The van der Waals surface area contributed by atoms with Crippen molar-refractivity contribution >= 4 is 28.1 Å². The second-order valence-corrected chi connectivity index (χ2v) is 5.01. The fourth-order valence-corrected chi connectivity index (χ4v) is 2.32. The van der Waals surface area contributed by atoms with E-state index >= 15 is 0 Å². The van der Waals surface area contributed by atoms with Crippen LogP contribution in [0.5, 0.6) is 0 Å². The van der Waals surface area contributed by atoms with E-state index in [0.29, 0.717) is 22.3 Å². The van der Waals surface area contributed by atoms with Crippen LogP contribution in [0.2, 0.25) is 0 Å². The number of thiazole rings is 1. The highest BCUT2D eigenvalue weighted by Crippen LogP contribution is 2.17. The number of pyridine rings is 1. The maximum absolute atomic E-state index is 12.1. The molecule has 0 atom stereocenters. The second kappa shape index (κ2) is 5.67. The molecule has 0 aromatic carbocycles. The Morgan fingerprint density at radius 1 is 1.48 bits per heavy atom. The van der Waals surface area contributed by atoms with Gasteiger partial charge in [-0.05, 0) is 12.1 Å². The summed E-state index contributed by atoms with van der Waals surface area (Å²) in [6.07, 6.45) is 4.69. The first kappa shape index (κ1) is 13.2. The van der Waals surface area contributed by atoms with E-state index in [4.69, 9.17) is 5.73 Å². The molecule has 0 aliphatic carbocycles. The van der Waals surface area contributed by atoms with Crippen molar-refractivity contribution in [2.45, 2.75) is 6.42 Å². The van der Waals surface area contributed by atoms with Crippen molar-refractivity contribution in [2.24, 2.45) is 0 Å². The molecule has 3 aromatic heterocycles. The topological polar surface area (TPSA) is 112 Å². The Labute approximate surface area is 123 Å². The molecule has 21 heavy (non-hydrogen) atoms. The van der Waals surface area contributed by atoms with Crippen molar-refractivity contribution in [3.63, 3.8) is 0 Å². The summed E-state index contributed by atoms with van der Waals surface area (Å²) in [6.45, 7) is 0. The van der Waals surface area contributed by atoms with Gasteiger partial charge in [-0.3, -0.25) is 4.79 Å². The zero-order chi connectivity index (χ0) is 14.7. The van der Waals surface area contributed by atoms with Crippen molar-refractivity contribution in [2.75, 3.05) is 11.1 Å². The minimum Gasteiger partial charge on any atom is -0.375 e. The molecule has 3 aromatic rings. The average Bonchev–Trinajstić information content (AvgIpc) is 3.11. The number of hydrogen-bond donors (Lipinski definition) is 2. The van der Waals surface area contributed by atoms with E-state index in [2.05, 4.69) is 25.4 Å². The third-order valence-electron chi connectivity index (χ3n) is 2.61. The van der Waals surface area contributed by atoms with E-state index in [9.17, 15) is 4.79 Å². The van der Waals surface area contributed by atoms with Gasteiger partial charge < -0.3 is 11.1 Å². The molecule has 0 fully saturated rings. The van der Waals surface area contributed by atoms with Crippen molar-refractivity contribution < 1.29 is 4.79 Å². The second-order valence-electron chi connectivity index (χ2n) is 4.12. The maximum Gasteiger partial charge on any atom is 0.230 e. The van der Waals surface area contributed by atoms with E-state index < -0.39 is 0 Å². The number of amides is 1. The predicted octanol–water partition coefficient (Wildman–Crippen LogP) is 0.882. The molecular formula is C12H11N7OS. The predicted molar refractivity (Wildman–Crippen MR) is 78.0 cm³/mol. The Balaban J connectivity index is 1.77. The third-order valence-corrected chi connectivity index (χ3v) is 3.33. The van der Waals surface area contributed by atoms with Gasteiger partial charge in [-0.25, -0.2) is 19.6 Å². The first-order valence-corrected chi connectivity index (χ1v) is 6.90. The molecule has 8 nitrogen and oxygen atoms in total. The summed E-state index contributed by atoms with van der Waals surface area (Å²) in [5.74, 6) is 0.302. The van der Waals surface area contributed by atoms with Crippen LogP contribution < -0.4 is 11.1 Å². The Morgan fingerprint density at radius 2 is 2.38 bits per heavy atom. The largest absolute Gasteiger partial charge is 0.375 e. The number of nitrogens with one attached hydrogen (secondary N) is 1. The quantitative estimate of drug-likeness (QED) is 0.740. The van der Waals surface area contributed by atoms with E-state index in [0.717, 1.165) is 0 Å². The Bertz CT molecular complexity index is 753. The van der Waals surface area contributed by atoms with Crippen LogP contribution in [0.4, 0.5) is 10.8 Å². The average molecular weight is 301 g/mol. The van der Waals surface area contributed by atoms with Crippen molar-refractivity contribution in [1.29, 1.82) is 0 Å². The monoisotopic (exact) mass is 301 g/mol. The van der Waals surface area contributed by atoms with Crippen LogP contribution in [0.3, 0.4) is 0 Å². The summed E-state index contributed by atoms with van der Waals surface area (Å²) in [5.41, 5.74) is 6.73. The van der Waals surface area contributed by atoms with Crippen LogP contribution in [0.15, 0.2) is 36.4 Å². The summed E-state index contributed by atoms with van der Waals surface area (Å²) in [7, 11) is 0. The number of rotatable bonds is 4. The highest BCUT2D eigenvalue weighted by molar-refractivity contribution is 7.13. The van der Waals surface area contributed by atoms with Crippen LogP contribution in [0.1, 0.15) is 5.69 Å². The lowest BCUT2D eigenvalue weighted by atomic mass is 10.3. The molecule has 3 N–H and O–H groups in total. The van der Waals surface area contributed by atoms with Crippen LogP contribution in [0.25, 0.3) is 5.82 Å². The highest BCUT2D eigenvalue weighted by atomic mass is 32.1. The third kappa shape index (κ3) is 3.03. The molecule has 1 amide bonds. The lowest BCUT2D eigenvalue weighted by Crippen LogP contribution is -2.17. The zero-order valence-electron chi connectivity index (χ0n) is 10.8. The summed E-state index contributed by atoms with van der Waals surface area (Å²) in [4.78, 5) is 24.2. The molecule has 0 spiro atoms. The molecule has 0 unspecified atom stereocenters. The van der Waals surface area contributed by atoms with Gasteiger partial charge in [-0.15, -0.1) is 11.3 Å². The minimum atomic E-state index is -0.199. The van der Waals surface area contributed by atoms with Gasteiger partial charge in [0, 0.05) is 11.6 Å². The van der Waals surface area contributed by atoms with Gasteiger partial charge in [0.25, 0.3) is 0 Å². The molecule has 3 heterocycles. The highest BCUT2D eigenvalue weighted by Gasteiger charge is 2.11. The number of carbonyl (C=O) groups is 1. The van der Waals surface area contributed by atoms with Gasteiger partial charge in [0.1, 0.15) is 12.7 Å². The summed E-state index contributed by atoms with van der Waals surface area (Å²) >= 11 is 1.31. The molecule has 0 aliphatic rings. The number of aromatic nitrogens is 5. The number of carbonyl (C=O) groups excluding carboxylic acids is 1. The number of nitrogens with zero attached hydrogens (tertiary/aromatic N) is 5. The molecule has 0 bridgehead atoms. The number of nitrogens with two attached hydrogens (primary N) is 1. The van der Waals surface area contributed by atoms with Gasteiger partial charge in [0.15, 0.2) is 10.9 Å². The molecule has 0 saturated heterocycles. The van der Waals surface area contributed by atoms with Gasteiger partial charge in [0.05, 0.1) is 17.8 Å². The molecule has 0 radical (unpaired) electrons. The zero-order valence-corrected chi connectivity index (χ0v) is 11.6. The summed E-state index contributed by atoms with van der Waals surface area (Å²) in [6, 6.07) is 3.48. The van der Waals surface area contributed by atoms with Gasteiger partial charge in [-0.2, -0.15) is 5.10 Å². The number of nitrogen functional groups attached to an aromatic ring is 1. The van der Waals surface area contributed by atoms with Crippen LogP contribution >= 0.6 is 11.3 Å². The Hall–Kier alpha value is -2.81. The van der Waals surface area contributed by atoms with Crippen LogP contribution in [-0.4, -0.2) is 30.6 Å². The van der Waals surface area contributed by atoms with E-state index in [1.807, 2.05) is 0 Å². The molecular weight excluding hydrogens is 290 g/mol. The van der Waals surface area contributed by atoms with Crippen molar-refractivity contribution in [1.82, 2.24) is 24.7 Å². The van der Waals surface area contributed by atoms with Crippen LogP contribution in [-0.2, 0) is 11.2 Å². The SMILES string of the molecule is Nc1nc(CC(=O)Nc2cccnc2-n2cncn2)cs1. The fraction of sp³-hybridized carbons (Fsp3) is 0.0833. The van der Waals surface area contributed by atoms with Gasteiger partial charge in [0.2, 0.25) is 5.91 Å². The standard InChI is InChI=1S/C12H11N7OS/c13-12-17-8(5-21-12)4-10(20)18-9-2-1-3-15-11(9)19-7-14-6-16-19/h1-3,5-7H,4H2,(H2,13,17)(H,18,20). The maximum atomic E-state index is 12.1. The van der Waals surface area contributed by atoms with Crippen molar-refractivity contribution in [3.05, 3.63) is 42.1 Å². The van der Waals surface area contributed by atoms with Gasteiger partial charge >= 0.3 is 0 Å². The Morgan fingerprint density at radius 3 is 3.10 bits per heavy atom. The first-order chi connectivity index (χ1) is 10.2. The van der Waals surface area contributed by atoms with E-state index in [1.54, 1.807) is 23.7 Å². The fourth-order valence-electron chi connectivity index (χ4n) is 1.76. The molecule has 3 rings (SSSR count). The number of hydrogen-bond acceptors (Lipinski definition) is 7. The lowest BCUT2D eigenvalue weighted by molar-refractivity contribution is -0.115. The summed E-state index contributed by atoms with van der Waals surface area (Å²) < 4.78 is 1.48. The van der Waals surface area contributed by atoms with Crippen molar-refractivity contribution in [3.8, 4) is 5.82 Å². The van der Waals surface area contributed by atoms with E-state index in [1.165, 1.54) is 28.7 Å². The summed E-state index contributed by atoms with van der Waals surface area (Å²) in [5, 5.41) is 9.00. The first-order valence-electron chi connectivity index (χ1n) is 6.02. The molecule has 106 valence electrons. The smallest absolute Gasteiger partial charge is 0.230 e. The molecule has 0 aliphatic heterocycles. The normalized spacial score (nSPS) is 10.5. The Kier molecular flexibility index (Phi) is 3.56. The van der Waals surface area contributed by atoms with Crippen LogP contribution in [0, 0.1) is 0 Å². The minimum absolute atomic E-state index is 0.152. The molecule has 0 saturated carbocycles. The van der Waals surface area contributed by atoms with Gasteiger partial charge in [-0.1, -0.05) is 0 Å². The number of anilines is 2. The molecule has 9 heteroatoms. The lowest BCUT2D eigenvalue weighted by Gasteiger charge is -2.08.